The molecule has 24 heavy (non-hydrogen) atoms. The van der Waals surface area contributed by atoms with Crippen molar-refractivity contribution in [1.82, 2.24) is 0 Å². The van der Waals surface area contributed by atoms with Crippen LogP contribution >= 0.6 is 11.6 Å². The first kappa shape index (κ1) is 18.2. The van der Waals surface area contributed by atoms with E-state index in [1.807, 2.05) is 43.3 Å². The highest BCUT2D eigenvalue weighted by Gasteiger charge is 2.11. The zero-order valence-electron chi connectivity index (χ0n) is 14.6. The van der Waals surface area contributed by atoms with Crippen molar-refractivity contribution in [2.24, 2.45) is 0 Å². The maximum atomic E-state index is 5.99. The quantitative estimate of drug-likeness (QED) is 0.797. The molecule has 0 aromatic heterocycles. The van der Waals surface area contributed by atoms with E-state index in [9.17, 15) is 0 Å². The molecule has 1 atom stereocenters. The first-order chi connectivity index (χ1) is 11.5. The Kier molecular flexibility index (Phi) is 6.16. The Balaban J connectivity index is 2.68. The van der Waals surface area contributed by atoms with E-state index in [4.69, 9.17) is 25.8 Å². The molecular weight excluding hydrogens is 324 g/mol. The highest BCUT2D eigenvalue weighted by atomic mass is 35.5. The summed E-state index contributed by atoms with van der Waals surface area (Å²) in [6.07, 6.45) is 0.992. The van der Waals surface area contributed by atoms with Crippen molar-refractivity contribution in [3.63, 3.8) is 0 Å². The smallest absolute Gasteiger partial charge is 0.162 e. The zero-order chi connectivity index (χ0) is 17.7. The van der Waals surface area contributed by atoms with Gasteiger partial charge in [0, 0.05) is 15.8 Å². The molecule has 0 saturated heterocycles. The number of rotatable bonds is 6. The van der Waals surface area contributed by atoms with Crippen LogP contribution in [0.2, 0.25) is 5.02 Å². The van der Waals surface area contributed by atoms with Gasteiger partial charge >= 0.3 is 0 Å². The van der Waals surface area contributed by atoms with Gasteiger partial charge < -0.3 is 14.2 Å². The molecule has 0 heterocycles. The predicted octanol–water partition coefficient (Wildman–Crippen LogP) is 3.74. The van der Waals surface area contributed by atoms with E-state index in [2.05, 4.69) is 13.5 Å². The van der Waals surface area contributed by atoms with Crippen LogP contribution in [0.4, 0.5) is 0 Å². The highest BCUT2D eigenvalue weighted by molar-refractivity contribution is 6.30. The number of benzene rings is 2. The van der Waals surface area contributed by atoms with Crippen molar-refractivity contribution in [1.29, 1.82) is 0 Å². The van der Waals surface area contributed by atoms with Gasteiger partial charge in [-0.3, -0.25) is 0 Å². The third-order valence-electron chi connectivity index (χ3n) is 3.85. The fraction of sp³-hybridized carbons (Fsp3) is 0.300. The number of hydrogen-bond donors (Lipinski definition) is 0. The molecule has 0 radical (unpaired) electrons. The lowest BCUT2D eigenvalue weighted by Gasteiger charge is -2.16. The average molecular weight is 347 g/mol. The molecule has 2 aromatic rings. The zero-order valence-corrected chi connectivity index (χ0v) is 15.3. The Morgan fingerprint density at radius 1 is 1.12 bits per heavy atom. The average Bonchev–Trinajstić information content (AvgIpc) is 2.59. The van der Waals surface area contributed by atoms with Crippen LogP contribution in [0.1, 0.15) is 25.8 Å². The van der Waals surface area contributed by atoms with Crippen LogP contribution in [0.15, 0.2) is 36.4 Å². The third-order valence-corrected chi connectivity index (χ3v) is 4.10. The lowest BCUT2D eigenvalue weighted by Crippen LogP contribution is -2.28. The standard InChI is InChI=1S/C20H23ClO3/c1-6-14(3)24-19-12-17(13(2)11-18(19)22-4)20(23-5)15-7-9-16(21)10-8-15/h7-12,14H,2,6H2,1,3-5H3/b20-17-/t14-/m1/s1. The molecule has 2 aromatic carbocycles. The molecule has 4 heteroatoms. The molecule has 0 aliphatic heterocycles. The molecule has 3 nitrogen and oxygen atoms in total. The summed E-state index contributed by atoms with van der Waals surface area (Å²) >= 11 is 5.98. The van der Waals surface area contributed by atoms with Gasteiger partial charge in [0.05, 0.1) is 20.3 Å². The van der Waals surface area contributed by atoms with E-state index in [-0.39, 0.29) is 6.10 Å². The summed E-state index contributed by atoms with van der Waals surface area (Å²) in [4.78, 5) is 0. The van der Waals surface area contributed by atoms with Crippen molar-refractivity contribution in [3.05, 3.63) is 57.4 Å². The predicted molar refractivity (Wildman–Crippen MR) is 99.1 cm³/mol. The lowest BCUT2D eigenvalue weighted by atomic mass is 10.1. The van der Waals surface area contributed by atoms with E-state index in [1.54, 1.807) is 14.2 Å². The van der Waals surface area contributed by atoms with Crippen molar-refractivity contribution >= 4 is 23.9 Å². The molecule has 2 rings (SSSR count). The van der Waals surface area contributed by atoms with Gasteiger partial charge in [-0.05, 0) is 55.0 Å². The van der Waals surface area contributed by atoms with E-state index in [1.165, 1.54) is 0 Å². The van der Waals surface area contributed by atoms with Gasteiger partial charge in [-0.1, -0.05) is 25.1 Å². The van der Waals surface area contributed by atoms with Crippen LogP contribution in [0.25, 0.3) is 12.3 Å². The Bertz CT molecular complexity index is 797. The van der Waals surface area contributed by atoms with Gasteiger partial charge in [0.1, 0.15) is 5.76 Å². The molecule has 0 N–H and O–H groups in total. The first-order valence-electron chi connectivity index (χ1n) is 7.88. The fourth-order valence-corrected chi connectivity index (χ4v) is 2.48. The third kappa shape index (κ3) is 4.04. The second kappa shape index (κ2) is 8.11. The molecule has 0 unspecified atom stereocenters. The summed E-state index contributed by atoms with van der Waals surface area (Å²) in [5, 5.41) is 2.34. The molecule has 0 saturated carbocycles. The minimum atomic E-state index is 0.0870. The maximum absolute atomic E-state index is 5.99. The molecule has 0 fully saturated rings. The Morgan fingerprint density at radius 2 is 1.79 bits per heavy atom. The van der Waals surface area contributed by atoms with Gasteiger partial charge in [-0.15, -0.1) is 0 Å². The van der Waals surface area contributed by atoms with Gasteiger partial charge in [-0.2, -0.15) is 0 Å². The van der Waals surface area contributed by atoms with Crippen LogP contribution in [0, 0.1) is 0 Å². The molecule has 0 aliphatic rings. The largest absolute Gasteiger partial charge is 0.495 e. The van der Waals surface area contributed by atoms with Crippen molar-refractivity contribution in [2.45, 2.75) is 26.4 Å². The molecule has 0 bridgehead atoms. The van der Waals surface area contributed by atoms with Gasteiger partial charge in [0.25, 0.3) is 0 Å². The van der Waals surface area contributed by atoms with Crippen LogP contribution in [0.3, 0.4) is 0 Å². The molecule has 0 amide bonds. The number of hydrogen-bond acceptors (Lipinski definition) is 3. The Labute approximate surface area is 148 Å². The Morgan fingerprint density at radius 3 is 2.33 bits per heavy atom. The highest BCUT2D eigenvalue weighted by Crippen LogP contribution is 2.25. The van der Waals surface area contributed by atoms with Gasteiger partial charge in [0.2, 0.25) is 0 Å². The second-order valence-corrected chi connectivity index (χ2v) is 5.97. The molecule has 0 spiro atoms. The summed E-state index contributed by atoms with van der Waals surface area (Å²) in [6, 6.07) is 11.3. The number of halogens is 1. The van der Waals surface area contributed by atoms with Gasteiger partial charge in [0.15, 0.2) is 11.5 Å². The Hall–Kier alpha value is -2.13. The summed E-state index contributed by atoms with van der Waals surface area (Å²) in [7, 11) is 3.26. The van der Waals surface area contributed by atoms with Crippen LogP contribution in [-0.4, -0.2) is 20.3 Å². The topological polar surface area (TPSA) is 27.7 Å². The lowest BCUT2D eigenvalue weighted by molar-refractivity contribution is 0.207. The molecular formula is C20H23ClO3. The van der Waals surface area contributed by atoms with Crippen LogP contribution in [-0.2, 0) is 4.74 Å². The van der Waals surface area contributed by atoms with E-state index in [0.29, 0.717) is 22.3 Å². The minimum absolute atomic E-state index is 0.0870. The van der Waals surface area contributed by atoms with Crippen LogP contribution < -0.4 is 19.9 Å². The number of ether oxygens (including phenoxy) is 3. The van der Waals surface area contributed by atoms with E-state index >= 15 is 0 Å². The fourth-order valence-electron chi connectivity index (χ4n) is 2.35. The van der Waals surface area contributed by atoms with E-state index in [0.717, 1.165) is 22.4 Å². The summed E-state index contributed by atoms with van der Waals surface area (Å²) in [5.41, 5.74) is 0.923. The van der Waals surface area contributed by atoms with E-state index < -0.39 is 0 Å². The van der Waals surface area contributed by atoms with Crippen molar-refractivity contribution in [3.8, 4) is 11.5 Å². The summed E-state index contributed by atoms with van der Waals surface area (Å²) in [6.45, 7) is 8.22. The summed E-state index contributed by atoms with van der Waals surface area (Å²) < 4.78 is 17.1. The first-order valence-corrected chi connectivity index (χ1v) is 8.25. The molecule has 0 aliphatic carbocycles. The maximum Gasteiger partial charge on any atom is 0.162 e. The summed E-state index contributed by atoms with van der Waals surface area (Å²) in [5.74, 6) is 2.06. The number of methoxy groups -OCH3 is 2. The SMILES string of the molecule is C=c1cc(OC)c(O[C@H](C)CC)c/c1=C(/OC)c1ccc(Cl)cc1. The van der Waals surface area contributed by atoms with Gasteiger partial charge in [-0.25, -0.2) is 0 Å². The monoisotopic (exact) mass is 346 g/mol. The second-order valence-electron chi connectivity index (χ2n) is 5.54. The van der Waals surface area contributed by atoms with Crippen molar-refractivity contribution in [2.75, 3.05) is 14.2 Å². The van der Waals surface area contributed by atoms with Crippen LogP contribution in [0.5, 0.6) is 11.5 Å². The minimum Gasteiger partial charge on any atom is -0.495 e. The molecule has 128 valence electrons. The normalized spacial score (nSPS) is 13.2. The van der Waals surface area contributed by atoms with Crippen molar-refractivity contribution < 1.29 is 14.2 Å².